The lowest BCUT2D eigenvalue weighted by Crippen LogP contribution is -2.39. The van der Waals surface area contributed by atoms with E-state index in [-0.39, 0.29) is 12.1 Å². The van der Waals surface area contributed by atoms with Crippen LogP contribution in [0.3, 0.4) is 0 Å². The van der Waals surface area contributed by atoms with Crippen LogP contribution in [0.25, 0.3) is 0 Å². The Balaban J connectivity index is 2.00. The van der Waals surface area contributed by atoms with E-state index in [1.807, 2.05) is 24.0 Å². The van der Waals surface area contributed by atoms with Crippen LogP contribution in [-0.4, -0.2) is 23.5 Å². The van der Waals surface area contributed by atoms with Crippen LogP contribution in [0.2, 0.25) is 0 Å². The molecule has 1 aromatic carbocycles. The Bertz CT molecular complexity index is 447. The van der Waals surface area contributed by atoms with Gasteiger partial charge in [-0.15, -0.1) is 0 Å². The smallest absolute Gasteiger partial charge is 0.224 e. The third-order valence-corrected chi connectivity index (χ3v) is 2.97. The molecular weight excluding hydrogens is 214 g/mol. The Morgan fingerprint density at radius 3 is 2.65 bits per heavy atom. The normalized spacial score (nSPS) is 16.7. The molecule has 17 heavy (non-hydrogen) atoms. The summed E-state index contributed by atoms with van der Waals surface area (Å²) in [4.78, 5) is 13.4. The summed E-state index contributed by atoms with van der Waals surface area (Å²) in [6.45, 7) is 2.80. The van der Waals surface area contributed by atoms with E-state index >= 15 is 0 Å². The van der Waals surface area contributed by atoms with E-state index in [0.717, 1.165) is 18.7 Å². The second-order valence-corrected chi connectivity index (χ2v) is 4.20. The number of carbonyl (C=O) groups excluding carboxylic acids is 1. The fraction of sp³-hybridized carbons (Fsp3) is 0.385. The van der Waals surface area contributed by atoms with Crippen LogP contribution in [0.15, 0.2) is 24.3 Å². The number of hydrogen-bond donors (Lipinski definition) is 1. The van der Waals surface area contributed by atoms with Gasteiger partial charge in [-0.3, -0.25) is 4.79 Å². The highest BCUT2D eigenvalue weighted by atomic mass is 16.2. The van der Waals surface area contributed by atoms with Gasteiger partial charge in [0.1, 0.15) is 0 Å². The van der Waals surface area contributed by atoms with Gasteiger partial charge < -0.3 is 10.2 Å². The van der Waals surface area contributed by atoms with Crippen LogP contribution in [0, 0.1) is 11.3 Å². The molecule has 0 saturated carbocycles. The monoisotopic (exact) mass is 229 g/mol. The van der Waals surface area contributed by atoms with Gasteiger partial charge in [0.05, 0.1) is 17.8 Å². The second-order valence-electron chi connectivity index (χ2n) is 4.20. The van der Waals surface area contributed by atoms with E-state index < -0.39 is 0 Å². The van der Waals surface area contributed by atoms with Crippen molar-refractivity contribution < 1.29 is 4.79 Å². The Labute approximate surface area is 101 Å². The first-order chi connectivity index (χ1) is 8.20. The van der Waals surface area contributed by atoms with Gasteiger partial charge in [0.25, 0.3) is 0 Å². The largest absolute Gasteiger partial charge is 0.365 e. The SMILES string of the molecule is CC(Nc1ccc(C#N)cc1)N1CCCC1=O. The minimum atomic E-state index is -0.00191. The van der Waals surface area contributed by atoms with Gasteiger partial charge in [0, 0.05) is 18.7 Å². The van der Waals surface area contributed by atoms with Crippen LogP contribution in [0.5, 0.6) is 0 Å². The zero-order valence-corrected chi connectivity index (χ0v) is 9.81. The van der Waals surface area contributed by atoms with Crippen molar-refractivity contribution in [2.75, 3.05) is 11.9 Å². The van der Waals surface area contributed by atoms with Gasteiger partial charge in [-0.05, 0) is 37.6 Å². The third-order valence-electron chi connectivity index (χ3n) is 2.97. The minimum Gasteiger partial charge on any atom is -0.365 e. The van der Waals surface area contributed by atoms with E-state index in [4.69, 9.17) is 5.26 Å². The summed E-state index contributed by atoms with van der Waals surface area (Å²) >= 11 is 0. The van der Waals surface area contributed by atoms with Crippen molar-refractivity contribution in [1.29, 1.82) is 5.26 Å². The number of benzene rings is 1. The molecule has 1 heterocycles. The van der Waals surface area contributed by atoms with E-state index in [0.29, 0.717) is 12.0 Å². The summed E-state index contributed by atoms with van der Waals surface area (Å²) in [6.07, 6.45) is 1.59. The van der Waals surface area contributed by atoms with Gasteiger partial charge in [-0.25, -0.2) is 0 Å². The zero-order chi connectivity index (χ0) is 12.3. The fourth-order valence-electron chi connectivity index (χ4n) is 2.04. The molecule has 1 saturated heterocycles. The number of rotatable bonds is 3. The number of carbonyl (C=O) groups is 1. The molecule has 1 unspecified atom stereocenters. The van der Waals surface area contributed by atoms with Crippen molar-refractivity contribution in [3.8, 4) is 6.07 Å². The quantitative estimate of drug-likeness (QED) is 0.861. The molecule has 4 heteroatoms. The van der Waals surface area contributed by atoms with Gasteiger partial charge in [-0.2, -0.15) is 5.26 Å². The summed E-state index contributed by atoms with van der Waals surface area (Å²) in [5.74, 6) is 0.207. The van der Waals surface area contributed by atoms with Crippen LogP contribution in [0.4, 0.5) is 5.69 Å². The Morgan fingerprint density at radius 1 is 1.41 bits per heavy atom. The lowest BCUT2D eigenvalue weighted by Gasteiger charge is -2.26. The molecule has 0 aromatic heterocycles. The molecule has 1 N–H and O–H groups in total. The fourth-order valence-corrected chi connectivity index (χ4v) is 2.04. The highest BCUT2D eigenvalue weighted by molar-refractivity contribution is 5.78. The van der Waals surface area contributed by atoms with Gasteiger partial charge >= 0.3 is 0 Å². The number of amides is 1. The topological polar surface area (TPSA) is 56.1 Å². The van der Waals surface area contributed by atoms with Crippen LogP contribution < -0.4 is 5.32 Å². The number of nitrogens with one attached hydrogen (secondary N) is 1. The summed E-state index contributed by atoms with van der Waals surface area (Å²) < 4.78 is 0. The standard InChI is InChI=1S/C13H15N3O/c1-10(16-8-2-3-13(16)17)15-12-6-4-11(9-14)5-7-12/h4-7,10,15H,2-3,8H2,1H3. The third kappa shape index (κ3) is 2.56. The molecule has 1 amide bonds. The number of nitrogens with zero attached hydrogens (tertiary/aromatic N) is 2. The first kappa shape index (κ1) is 11.5. The van der Waals surface area contributed by atoms with Crippen molar-refractivity contribution in [2.24, 2.45) is 0 Å². The molecule has 2 rings (SSSR count). The second kappa shape index (κ2) is 4.88. The predicted molar refractivity (Wildman–Crippen MR) is 65.2 cm³/mol. The molecule has 1 aliphatic heterocycles. The molecule has 1 fully saturated rings. The van der Waals surface area contributed by atoms with E-state index in [1.165, 1.54) is 0 Å². The highest BCUT2D eigenvalue weighted by Gasteiger charge is 2.24. The molecular formula is C13H15N3O. The zero-order valence-electron chi connectivity index (χ0n) is 9.81. The number of anilines is 1. The van der Waals surface area contributed by atoms with Gasteiger partial charge in [0.2, 0.25) is 5.91 Å². The molecule has 4 nitrogen and oxygen atoms in total. The van der Waals surface area contributed by atoms with Gasteiger partial charge in [-0.1, -0.05) is 0 Å². The predicted octanol–water partition coefficient (Wildman–Crippen LogP) is 1.94. The summed E-state index contributed by atoms with van der Waals surface area (Å²) in [5, 5.41) is 12.0. The Hall–Kier alpha value is -2.02. The number of hydrogen-bond acceptors (Lipinski definition) is 3. The molecule has 0 radical (unpaired) electrons. The molecule has 1 aromatic rings. The van der Waals surface area contributed by atoms with E-state index in [9.17, 15) is 4.79 Å². The maximum atomic E-state index is 11.5. The first-order valence-corrected chi connectivity index (χ1v) is 5.77. The summed E-state index contributed by atoms with van der Waals surface area (Å²) in [7, 11) is 0. The van der Waals surface area contributed by atoms with Crippen molar-refractivity contribution >= 4 is 11.6 Å². The highest BCUT2D eigenvalue weighted by Crippen LogP contribution is 2.16. The minimum absolute atomic E-state index is 0.00191. The maximum Gasteiger partial charge on any atom is 0.224 e. The van der Waals surface area contributed by atoms with Crippen molar-refractivity contribution in [1.82, 2.24) is 4.90 Å². The Morgan fingerprint density at radius 2 is 2.12 bits per heavy atom. The average Bonchev–Trinajstić information content (AvgIpc) is 2.76. The Kier molecular flexibility index (Phi) is 3.29. The van der Waals surface area contributed by atoms with E-state index in [1.54, 1.807) is 12.1 Å². The molecule has 1 aliphatic rings. The average molecular weight is 229 g/mol. The van der Waals surface area contributed by atoms with Crippen LogP contribution in [-0.2, 0) is 4.79 Å². The lowest BCUT2D eigenvalue weighted by atomic mass is 10.2. The summed E-state index contributed by atoms with van der Waals surface area (Å²) in [5.41, 5.74) is 1.57. The molecule has 1 atom stereocenters. The van der Waals surface area contributed by atoms with Crippen LogP contribution in [0.1, 0.15) is 25.3 Å². The molecule has 0 spiro atoms. The first-order valence-electron chi connectivity index (χ1n) is 5.77. The maximum absolute atomic E-state index is 11.5. The van der Waals surface area contributed by atoms with E-state index in [2.05, 4.69) is 11.4 Å². The van der Waals surface area contributed by atoms with Crippen molar-refractivity contribution in [3.05, 3.63) is 29.8 Å². The number of likely N-dealkylation sites (tertiary alicyclic amines) is 1. The lowest BCUT2D eigenvalue weighted by molar-refractivity contribution is -0.128. The molecule has 0 bridgehead atoms. The van der Waals surface area contributed by atoms with Crippen LogP contribution >= 0.6 is 0 Å². The summed E-state index contributed by atoms with van der Waals surface area (Å²) in [6, 6.07) is 9.32. The molecule has 88 valence electrons. The van der Waals surface area contributed by atoms with Gasteiger partial charge in [0.15, 0.2) is 0 Å². The van der Waals surface area contributed by atoms with Crippen molar-refractivity contribution in [3.63, 3.8) is 0 Å². The van der Waals surface area contributed by atoms with Crippen molar-refractivity contribution in [2.45, 2.75) is 25.9 Å². The number of nitriles is 1. The molecule has 0 aliphatic carbocycles.